The number of fused-ring (bicyclic) bond motifs is 1. The van der Waals surface area contributed by atoms with E-state index in [1.165, 1.54) is 25.4 Å². The Morgan fingerprint density at radius 1 is 1.25 bits per heavy atom. The molecule has 4 rings (SSSR count). The van der Waals surface area contributed by atoms with E-state index in [-0.39, 0.29) is 37.3 Å². The van der Waals surface area contributed by atoms with Crippen LogP contribution in [0.2, 0.25) is 0 Å². The van der Waals surface area contributed by atoms with Gasteiger partial charge in [0.2, 0.25) is 5.95 Å². The maximum atomic E-state index is 14.3. The van der Waals surface area contributed by atoms with Crippen molar-refractivity contribution in [3.8, 4) is 17.1 Å². The van der Waals surface area contributed by atoms with Crippen molar-refractivity contribution < 1.29 is 24.2 Å². The number of benzene rings is 1. The van der Waals surface area contributed by atoms with Gasteiger partial charge in [-0.3, -0.25) is 9.83 Å². The van der Waals surface area contributed by atoms with Crippen molar-refractivity contribution in [2.45, 2.75) is 31.9 Å². The van der Waals surface area contributed by atoms with Crippen LogP contribution in [-0.2, 0) is 11.3 Å². The molecule has 0 spiro atoms. The molecule has 1 aromatic carbocycles. The van der Waals surface area contributed by atoms with Gasteiger partial charge in [-0.25, -0.2) is 29.8 Å². The van der Waals surface area contributed by atoms with Gasteiger partial charge >= 0.3 is 0 Å². The van der Waals surface area contributed by atoms with E-state index in [0.29, 0.717) is 46.0 Å². The van der Waals surface area contributed by atoms with E-state index in [4.69, 9.17) is 31.1 Å². The number of nitrogens with one attached hydrogen (secondary N) is 1. The summed E-state index contributed by atoms with van der Waals surface area (Å²) in [5, 5.41) is 18.5. The van der Waals surface area contributed by atoms with E-state index in [1.54, 1.807) is 13.0 Å². The van der Waals surface area contributed by atoms with Gasteiger partial charge in [0.1, 0.15) is 5.82 Å². The Balaban J connectivity index is 1.74. The van der Waals surface area contributed by atoms with E-state index in [0.717, 1.165) is 0 Å². The Labute approximate surface area is 206 Å². The topological polar surface area (TPSA) is 187 Å². The second-order valence-corrected chi connectivity index (χ2v) is 8.14. The van der Waals surface area contributed by atoms with Crippen LogP contribution in [0.25, 0.3) is 11.3 Å². The fourth-order valence-corrected chi connectivity index (χ4v) is 3.93. The number of nitrogens with zero attached hydrogens (tertiary/aromatic N) is 5. The van der Waals surface area contributed by atoms with Crippen LogP contribution in [-0.4, -0.2) is 62.4 Å². The molecule has 0 amide bonds. The molecule has 0 saturated heterocycles. The molecule has 0 unspecified atom stereocenters. The number of nitrogens with two attached hydrogens (primary N) is 2. The quantitative estimate of drug-likeness (QED) is 0.219. The van der Waals surface area contributed by atoms with Gasteiger partial charge in [-0.2, -0.15) is 0 Å². The zero-order valence-corrected chi connectivity index (χ0v) is 19.8. The lowest BCUT2D eigenvalue weighted by atomic mass is 9.91. The first kappa shape index (κ1) is 25.2. The van der Waals surface area contributed by atoms with E-state index in [9.17, 15) is 9.50 Å². The van der Waals surface area contributed by atoms with Crippen molar-refractivity contribution in [2.24, 2.45) is 4.99 Å². The van der Waals surface area contributed by atoms with E-state index >= 15 is 0 Å². The number of aryl methyl sites for hydroxylation is 1. The minimum Gasteiger partial charge on any atom is -0.478 e. The molecule has 2 atom stereocenters. The number of anilines is 2. The van der Waals surface area contributed by atoms with Gasteiger partial charge in [0, 0.05) is 18.4 Å². The summed E-state index contributed by atoms with van der Waals surface area (Å²) in [7, 11) is 1.42. The first-order valence-electron chi connectivity index (χ1n) is 11.1. The van der Waals surface area contributed by atoms with E-state index in [2.05, 4.69) is 25.4 Å². The monoisotopic (exact) mass is 498 g/mol. The first-order chi connectivity index (χ1) is 17.3. The largest absolute Gasteiger partial charge is 0.478 e. The highest BCUT2D eigenvalue weighted by molar-refractivity contribution is 6.01. The lowest BCUT2D eigenvalue weighted by Gasteiger charge is -2.26. The van der Waals surface area contributed by atoms with Crippen molar-refractivity contribution in [2.75, 3.05) is 31.8 Å². The average Bonchev–Trinajstić information content (AvgIpc) is 2.86. The number of nitrogen functional groups attached to an aromatic ring is 2. The number of aromatic nitrogens is 4. The van der Waals surface area contributed by atoms with Gasteiger partial charge in [-0.05, 0) is 24.6 Å². The number of hydrogen-bond donors (Lipinski definition) is 5. The predicted octanol–water partition coefficient (Wildman–Crippen LogP) is 0.863. The van der Waals surface area contributed by atoms with E-state index < -0.39 is 18.0 Å². The zero-order valence-electron chi connectivity index (χ0n) is 19.8. The number of hydrogen-bond acceptors (Lipinski definition) is 12. The molecule has 3 heterocycles. The van der Waals surface area contributed by atoms with Crippen LogP contribution in [0.5, 0.6) is 5.88 Å². The number of halogens is 1. The maximum absolute atomic E-state index is 14.3. The summed E-state index contributed by atoms with van der Waals surface area (Å²) in [6, 6.07) is 3.80. The number of hydroxylamine groups is 1. The molecule has 2 aromatic heterocycles. The SMILES string of the molecule is COc1nc(-c2cc(F)ccc2[C@@H]2Cc3nc(N)nc(C)c3C(NOCC[C@@H](O)CO)=N2)cnc1N. The Morgan fingerprint density at radius 3 is 2.81 bits per heavy atom. The van der Waals surface area contributed by atoms with Gasteiger partial charge in [0.15, 0.2) is 11.7 Å². The molecule has 0 aliphatic carbocycles. The van der Waals surface area contributed by atoms with Crippen LogP contribution in [0.1, 0.15) is 35.0 Å². The van der Waals surface area contributed by atoms with Gasteiger partial charge in [-0.15, -0.1) is 0 Å². The molecule has 0 radical (unpaired) electrons. The third-order valence-corrected chi connectivity index (χ3v) is 5.63. The lowest BCUT2D eigenvalue weighted by molar-refractivity contribution is 0.0287. The van der Waals surface area contributed by atoms with Gasteiger partial charge in [0.05, 0.1) is 61.3 Å². The van der Waals surface area contributed by atoms with Gasteiger partial charge in [-0.1, -0.05) is 6.07 Å². The minimum atomic E-state index is -0.898. The second kappa shape index (κ2) is 10.8. The molecule has 0 fully saturated rings. The molecule has 7 N–H and O–H groups in total. The molecular formula is C23H27FN8O4. The molecule has 12 nitrogen and oxygen atoms in total. The highest BCUT2D eigenvalue weighted by Gasteiger charge is 2.29. The molecule has 13 heteroatoms. The van der Waals surface area contributed by atoms with Crippen molar-refractivity contribution in [1.29, 1.82) is 0 Å². The molecule has 36 heavy (non-hydrogen) atoms. The van der Waals surface area contributed by atoms with Crippen LogP contribution >= 0.6 is 0 Å². The van der Waals surface area contributed by atoms with Gasteiger partial charge in [0.25, 0.3) is 5.88 Å². The predicted molar refractivity (Wildman–Crippen MR) is 129 cm³/mol. The smallest absolute Gasteiger partial charge is 0.257 e. The summed E-state index contributed by atoms with van der Waals surface area (Å²) in [4.78, 5) is 27.4. The summed E-state index contributed by atoms with van der Waals surface area (Å²) >= 11 is 0. The summed E-state index contributed by atoms with van der Waals surface area (Å²) in [5.41, 5.74) is 17.9. The molecule has 1 aliphatic rings. The fourth-order valence-electron chi connectivity index (χ4n) is 3.93. The summed E-state index contributed by atoms with van der Waals surface area (Å²) in [6.07, 6.45) is 1.11. The summed E-state index contributed by atoms with van der Waals surface area (Å²) in [6.45, 7) is 1.52. The van der Waals surface area contributed by atoms with Crippen LogP contribution in [0, 0.1) is 12.7 Å². The first-order valence-corrected chi connectivity index (χ1v) is 11.1. The summed E-state index contributed by atoms with van der Waals surface area (Å²) in [5.74, 6) is 0.247. The number of aliphatic hydroxyl groups excluding tert-OH is 2. The fraction of sp³-hybridized carbons (Fsp3) is 0.348. The molecule has 3 aromatic rings. The lowest BCUT2D eigenvalue weighted by Crippen LogP contribution is -2.33. The second-order valence-electron chi connectivity index (χ2n) is 8.14. The van der Waals surface area contributed by atoms with Crippen LogP contribution < -0.4 is 21.7 Å². The molecule has 1 aliphatic heterocycles. The Morgan fingerprint density at radius 2 is 2.06 bits per heavy atom. The molecule has 190 valence electrons. The highest BCUT2D eigenvalue weighted by Crippen LogP contribution is 2.36. The number of rotatable bonds is 8. The van der Waals surface area contributed by atoms with Crippen LogP contribution in [0.4, 0.5) is 16.2 Å². The molecule has 0 bridgehead atoms. The third-order valence-electron chi connectivity index (χ3n) is 5.63. The third kappa shape index (κ3) is 5.32. The van der Waals surface area contributed by atoms with Crippen molar-refractivity contribution in [1.82, 2.24) is 25.4 Å². The summed E-state index contributed by atoms with van der Waals surface area (Å²) < 4.78 is 19.5. The standard InChI is InChI=1S/C23H27FN8O4/c1-11-19-17(31-23(26)28-11)8-16(29-21(19)32-36-6-5-13(34)10-33)14-4-3-12(24)7-15(14)18-9-27-20(25)22(30-18)35-2/h3-4,7,9,13,16,33-34H,5-6,8,10H2,1-2H3,(H2,25,27)(H,29,32)(H2,26,28,31)/t13-,16+/m1/s1. The Kier molecular flexibility index (Phi) is 7.52. The minimum absolute atomic E-state index is 0.109. The number of aliphatic imine (C=N–C) groups is 1. The number of aliphatic hydroxyl groups is 2. The Bertz CT molecular complexity index is 1290. The van der Waals surface area contributed by atoms with Crippen molar-refractivity contribution in [3.63, 3.8) is 0 Å². The molecular weight excluding hydrogens is 471 g/mol. The number of amidine groups is 1. The maximum Gasteiger partial charge on any atom is 0.257 e. The Hall–Kier alpha value is -3.94. The normalized spacial score (nSPS) is 15.7. The van der Waals surface area contributed by atoms with Crippen LogP contribution in [0.3, 0.4) is 0 Å². The number of ether oxygens (including phenoxy) is 1. The van der Waals surface area contributed by atoms with E-state index in [1.807, 2.05) is 0 Å². The highest BCUT2D eigenvalue weighted by atomic mass is 19.1. The number of methoxy groups -OCH3 is 1. The zero-order chi connectivity index (χ0) is 25.8. The molecule has 0 saturated carbocycles. The van der Waals surface area contributed by atoms with Crippen LogP contribution in [0.15, 0.2) is 29.4 Å². The van der Waals surface area contributed by atoms with Crippen molar-refractivity contribution >= 4 is 17.6 Å². The van der Waals surface area contributed by atoms with Gasteiger partial charge < -0.3 is 26.4 Å². The average molecular weight is 499 g/mol. The van der Waals surface area contributed by atoms with Crippen molar-refractivity contribution in [3.05, 3.63) is 52.7 Å².